The van der Waals surface area contributed by atoms with Gasteiger partial charge in [-0.05, 0) is 85.9 Å². The molecule has 0 amide bonds. The highest BCUT2D eigenvalue weighted by Gasteiger charge is 2.76. The molecule has 0 aromatic heterocycles. The van der Waals surface area contributed by atoms with Crippen molar-refractivity contribution in [1.29, 1.82) is 0 Å². The van der Waals surface area contributed by atoms with Gasteiger partial charge >= 0.3 is 0 Å². The number of ether oxygens (including phenoxy) is 1. The van der Waals surface area contributed by atoms with E-state index in [0.29, 0.717) is 16.9 Å². The molecule has 4 aliphatic carbocycles. The van der Waals surface area contributed by atoms with Gasteiger partial charge in [-0.2, -0.15) is 0 Å². The Kier molecular flexibility index (Phi) is 4.99. The molecule has 29 heavy (non-hydrogen) atoms. The summed E-state index contributed by atoms with van der Waals surface area (Å²) in [5.41, 5.74) is 0.932. The molecular formula is C27H46O2. The number of epoxide rings is 1. The Labute approximate surface area is 179 Å². The number of aliphatic hydroxyl groups excluding tert-OH is 1. The van der Waals surface area contributed by atoms with Crippen molar-refractivity contribution in [3.8, 4) is 0 Å². The van der Waals surface area contributed by atoms with E-state index in [4.69, 9.17) is 4.74 Å². The van der Waals surface area contributed by atoms with Crippen molar-refractivity contribution in [2.24, 2.45) is 46.3 Å². The van der Waals surface area contributed by atoms with Gasteiger partial charge in [0.15, 0.2) is 0 Å². The maximum Gasteiger partial charge on any atom is 0.103 e. The van der Waals surface area contributed by atoms with Crippen LogP contribution in [0.15, 0.2) is 0 Å². The fourth-order valence-electron chi connectivity index (χ4n) is 9.68. The summed E-state index contributed by atoms with van der Waals surface area (Å²) in [6.45, 7) is 12.6. The fraction of sp³-hybridized carbons (Fsp3) is 1.00. The van der Waals surface area contributed by atoms with E-state index in [1.54, 1.807) is 0 Å². The number of aliphatic hydroxyl groups is 1. The van der Waals surface area contributed by atoms with Gasteiger partial charge in [0.25, 0.3) is 0 Å². The molecule has 2 heteroatoms. The molecule has 5 fully saturated rings. The number of hydrogen-bond donors (Lipinski definition) is 1. The van der Waals surface area contributed by atoms with E-state index in [1.807, 2.05) is 0 Å². The second-order valence-corrected chi connectivity index (χ2v) is 13.0. The second kappa shape index (κ2) is 6.96. The summed E-state index contributed by atoms with van der Waals surface area (Å²) in [5, 5.41) is 10.4. The van der Waals surface area contributed by atoms with Crippen molar-refractivity contribution in [1.82, 2.24) is 0 Å². The molecule has 2 nitrogen and oxygen atoms in total. The normalized spacial score (nSPS) is 54.3. The Hall–Kier alpha value is -0.0800. The van der Waals surface area contributed by atoms with Crippen LogP contribution in [0, 0.1) is 46.3 Å². The molecule has 0 aromatic carbocycles. The Bertz CT molecular complexity index is 630. The third-order valence-corrected chi connectivity index (χ3v) is 11.3. The topological polar surface area (TPSA) is 32.8 Å². The highest BCUT2D eigenvalue weighted by atomic mass is 16.6. The van der Waals surface area contributed by atoms with Crippen LogP contribution in [0.4, 0.5) is 0 Å². The molecule has 0 radical (unpaired) electrons. The summed E-state index contributed by atoms with van der Waals surface area (Å²) >= 11 is 0. The minimum atomic E-state index is -0.124. The molecule has 166 valence electrons. The lowest BCUT2D eigenvalue weighted by molar-refractivity contribution is -0.116. The monoisotopic (exact) mass is 402 g/mol. The van der Waals surface area contributed by atoms with E-state index in [-0.39, 0.29) is 11.7 Å². The maximum atomic E-state index is 10.4. The molecule has 0 bridgehead atoms. The first-order valence-corrected chi connectivity index (χ1v) is 13.1. The van der Waals surface area contributed by atoms with E-state index < -0.39 is 0 Å². The van der Waals surface area contributed by atoms with Crippen molar-refractivity contribution >= 4 is 0 Å². The van der Waals surface area contributed by atoms with Crippen LogP contribution in [-0.2, 0) is 4.74 Å². The Morgan fingerprint density at radius 3 is 2.52 bits per heavy atom. The van der Waals surface area contributed by atoms with Gasteiger partial charge in [0.1, 0.15) is 5.60 Å². The van der Waals surface area contributed by atoms with Gasteiger partial charge in [-0.3, -0.25) is 0 Å². The third kappa shape index (κ3) is 2.94. The molecule has 10 atom stereocenters. The van der Waals surface area contributed by atoms with Crippen LogP contribution in [0.1, 0.15) is 105 Å². The van der Waals surface area contributed by atoms with Crippen molar-refractivity contribution in [3.63, 3.8) is 0 Å². The van der Waals surface area contributed by atoms with Gasteiger partial charge in [0.05, 0.1) is 12.2 Å². The van der Waals surface area contributed by atoms with E-state index >= 15 is 0 Å². The Morgan fingerprint density at radius 1 is 0.966 bits per heavy atom. The summed E-state index contributed by atoms with van der Waals surface area (Å²) in [6, 6.07) is 0. The molecule has 4 unspecified atom stereocenters. The van der Waals surface area contributed by atoms with Crippen LogP contribution in [0.3, 0.4) is 0 Å². The predicted octanol–water partition coefficient (Wildman–Crippen LogP) is 6.60. The fourth-order valence-corrected chi connectivity index (χ4v) is 9.68. The minimum absolute atomic E-state index is 0.0434. The first-order chi connectivity index (χ1) is 13.7. The largest absolute Gasteiger partial charge is 0.393 e. The maximum absolute atomic E-state index is 10.4. The molecule has 5 rings (SSSR count). The molecule has 5 aliphatic rings. The van der Waals surface area contributed by atoms with Gasteiger partial charge in [0, 0.05) is 11.8 Å². The lowest BCUT2D eigenvalue weighted by atomic mass is 9.44. The highest BCUT2D eigenvalue weighted by molar-refractivity contribution is 5.24. The van der Waals surface area contributed by atoms with E-state index in [0.717, 1.165) is 48.3 Å². The minimum Gasteiger partial charge on any atom is -0.393 e. The zero-order valence-electron chi connectivity index (χ0n) is 19.8. The molecule has 0 aromatic rings. The molecule has 1 heterocycles. The van der Waals surface area contributed by atoms with Crippen LogP contribution >= 0.6 is 0 Å². The van der Waals surface area contributed by atoms with Crippen molar-refractivity contribution in [3.05, 3.63) is 0 Å². The molecule has 1 spiro atoms. The van der Waals surface area contributed by atoms with Crippen LogP contribution in [-0.4, -0.2) is 22.9 Å². The van der Waals surface area contributed by atoms with Crippen molar-refractivity contribution in [2.75, 3.05) is 0 Å². The van der Waals surface area contributed by atoms with Crippen LogP contribution in [0.2, 0.25) is 0 Å². The van der Waals surface area contributed by atoms with Crippen molar-refractivity contribution in [2.45, 2.75) is 123 Å². The van der Waals surface area contributed by atoms with Crippen LogP contribution in [0.25, 0.3) is 0 Å². The van der Waals surface area contributed by atoms with Crippen LogP contribution < -0.4 is 0 Å². The smallest absolute Gasteiger partial charge is 0.103 e. The van der Waals surface area contributed by atoms with Crippen LogP contribution in [0.5, 0.6) is 0 Å². The third-order valence-electron chi connectivity index (χ3n) is 11.3. The first kappa shape index (κ1) is 20.8. The molecular weight excluding hydrogens is 356 g/mol. The quantitative estimate of drug-likeness (QED) is 0.525. The van der Waals surface area contributed by atoms with E-state index in [9.17, 15) is 5.11 Å². The summed E-state index contributed by atoms with van der Waals surface area (Å²) in [7, 11) is 0. The summed E-state index contributed by atoms with van der Waals surface area (Å²) < 4.78 is 6.51. The van der Waals surface area contributed by atoms with Gasteiger partial charge in [-0.1, -0.05) is 53.9 Å². The number of hydrogen-bond acceptors (Lipinski definition) is 2. The lowest BCUT2D eigenvalue weighted by Crippen LogP contribution is -2.58. The second-order valence-electron chi connectivity index (χ2n) is 13.0. The van der Waals surface area contributed by atoms with Gasteiger partial charge in [-0.25, -0.2) is 0 Å². The molecule has 1 saturated heterocycles. The standard InChI is InChI=1S/C27H46O2/c1-17(2)7-6-8-18(3)21-9-10-22-20-15-24-27(29-24)16-19(28)11-14-26(27,5)23(20)12-13-25(21,22)4/h17-24,28H,6-16H2,1-5H3/t18?,19-,20?,21+,22?,23?,24+,25+,26+,27+/m0/s1. The number of fused-ring (bicyclic) bond motifs is 4. The number of rotatable bonds is 5. The zero-order chi connectivity index (χ0) is 20.6. The Morgan fingerprint density at radius 2 is 1.76 bits per heavy atom. The predicted molar refractivity (Wildman–Crippen MR) is 119 cm³/mol. The van der Waals surface area contributed by atoms with E-state index in [1.165, 1.54) is 57.8 Å². The van der Waals surface area contributed by atoms with Gasteiger partial charge in [-0.15, -0.1) is 0 Å². The summed E-state index contributed by atoms with van der Waals surface area (Å²) in [5.74, 6) is 5.31. The van der Waals surface area contributed by atoms with Gasteiger partial charge in [0.2, 0.25) is 0 Å². The Balaban J connectivity index is 1.33. The lowest BCUT2D eigenvalue weighted by Gasteiger charge is -2.59. The van der Waals surface area contributed by atoms with Gasteiger partial charge < -0.3 is 9.84 Å². The van der Waals surface area contributed by atoms with E-state index in [2.05, 4.69) is 34.6 Å². The average molecular weight is 403 g/mol. The average Bonchev–Trinajstić information content (AvgIpc) is 3.22. The molecule has 4 saturated carbocycles. The molecule has 1 N–H and O–H groups in total. The molecule has 1 aliphatic heterocycles. The zero-order valence-corrected chi connectivity index (χ0v) is 19.8. The first-order valence-electron chi connectivity index (χ1n) is 13.1. The summed E-state index contributed by atoms with van der Waals surface area (Å²) in [4.78, 5) is 0. The highest BCUT2D eigenvalue weighted by Crippen LogP contribution is 2.74. The van der Waals surface area contributed by atoms with Crippen molar-refractivity contribution < 1.29 is 9.84 Å². The SMILES string of the molecule is CC(C)CCCC(C)[C@H]1CCC2C3C[C@H]4O[C@]45C[C@@H](O)CC[C@]5(C)C3CC[C@@]21C. The summed E-state index contributed by atoms with van der Waals surface area (Å²) in [6.07, 6.45) is 14.8.